The molecule has 20 heavy (non-hydrogen) atoms. The molecule has 0 saturated heterocycles. The number of carboxylic acids is 1. The van der Waals surface area contributed by atoms with Crippen LogP contribution in [0, 0.1) is 18.8 Å². The molecule has 1 aliphatic carbocycles. The van der Waals surface area contributed by atoms with Crippen LogP contribution in [0.25, 0.3) is 0 Å². The second-order valence-electron chi connectivity index (χ2n) is 5.44. The van der Waals surface area contributed by atoms with Crippen LogP contribution in [-0.2, 0) is 9.59 Å². The summed E-state index contributed by atoms with van der Waals surface area (Å²) in [5, 5.41) is 9.09. The number of ether oxygens (including phenoxy) is 1. The summed E-state index contributed by atoms with van der Waals surface area (Å²) < 4.78 is 5.58. The van der Waals surface area contributed by atoms with Gasteiger partial charge in [0, 0.05) is 0 Å². The molecule has 1 fully saturated rings. The van der Waals surface area contributed by atoms with E-state index in [0.29, 0.717) is 31.7 Å². The van der Waals surface area contributed by atoms with Gasteiger partial charge in [0.2, 0.25) is 5.91 Å². The molecule has 0 spiro atoms. The van der Waals surface area contributed by atoms with Crippen molar-refractivity contribution in [3.63, 3.8) is 0 Å². The maximum absolute atomic E-state index is 12.5. The SMILES string of the molecule is Cc1ccc2c(c1)OCCN2C(=O)C1CCC1C(=O)O. The van der Waals surface area contributed by atoms with Crippen molar-refractivity contribution in [3.8, 4) is 5.75 Å². The number of rotatable bonds is 2. The maximum atomic E-state index is 12.5. The van der Waals surface area contributed by atoms with Gasteiger partial charge in [-0.1, -0.05) is 6.07 Å². The lowest BCUT2D eigenvalue weighted by atomic mass is 9.73. The zero-order chi connectivity index (χ0) is 14.3. The number of hydrogen-bond acceptors (Lipinski definition) is 3. The van der Waals surface area contributed by atoms with Crippen LogP contribution in [0.5, 0.6) is 5.75 Å². The Bertz CT molecular complexity index is 569. The van der Waals surface area contributed by atoms with Gasteiger partial charge < -0.3 is 14.7 Å². The lowest BCUT2D eigenvalue weighted by molar-refractivity contribution is -0.152. The van der Waals surface area contributed by atoms with Gasteiger partial charge >= 0.3 is 5.97 Å². The second kappa shape index (κ2) is 4.81. The van der Waals surface area contributed by atoms with Crippen molar-refractivity contribution in [2.45, 2.75) is 19.8 Å². The number of carbonyl (C=O) groups excluding carboxylic acids is 1. The minimum absolute atomic E-state index is 0.0861. The van der Waals surface area contributed by atoms with Gasteiger partial charge in [-0.05, 0) is 37.5 Å². The van der Waals surface area contributed by atoms with E-state index in [1.54, 1.807) is 4.90 Å². The van der Waals surface area contributed by atoms with E-state index in [1.165, 1.54) is 0 Å². The fourth-order valence-corrected chi connectivity index (χ4v) is 2.85. The van der Waals surface area contributed by atoms with Gasteiger partial charge in [-0.3, -0.25) is 9.59 Å². The average Bonchev–Trinajstić information content (AvgIpc) is 2.35. The molecule has 2 aliphatic rings. The van der Waals surface area contributed by atoms with Crippen molar-refractivity contribution >= 4 is 17.6 Å². The van der Waals surface area contributed by atoms with Crippen LogP contribution in [0.2, 0.25) is 0 Å². The van der Waals surface area contributed by atoms with Crippen LogP contribution in [0.1, 0.15) is 18.4 Å². The fraction of sp³-hybridized carbons (Fsp3) is 0.467. The second-order valence-corrected chi connectivity index (χ2v) is 5.44. The number of nitrogens with zero attached hydrogens (tertiary/aromatic N) is 1. The Kier molecular flexibility index (Phi) is 3.12. The van der Waals surface area contributed by atoms with Gasteiger partial charge in [0.15, 0.2) is 0 Å². The molecule has 5 nitrogen and oxygen atoms in total. The molecular formula is C15H17NO4. The van der Waals surface area contributed by atoms with E-state index in [9.17, 15) is 9.59 Å². The zero-order valence-electron chi connectivity index (χ0n) is 11.3. The van der Waals surface area contributed by atoms with Crippen LogP contribution < -0.4 is 9.64 Å². The van der Waals surface area contributed by atoms with Gasteiger partial charge in [0.05, 0.1) is 24.1 Å². The predicted octanol–water partition coefficient (Wildman–Crippen LogP) is 1.83. The molecule has 3 rings (SSSR count). The van der Waals surface area contributed by atoms with Crippen LogP contribution in [0.4, 0.5) is 5.69 Å². The first-order valence-corrected chi connectivity index (χ1v) is 6.85. The number of aliphatic carboxylic acids is 1. The van der Waals surface area contributed by atoms with E-state index in [4.69, 9.17) is 9.84 Å². The van der Waals surface area contributed by atoms with E-state index in [0.717, 1.165) is 11.3 Å². The Morgan fingerprint density at radius 2 is 2.05 bits per heavy atom. The lowest BCUT2D eigenvalue weighted by Crippen LogP contribution is -2.48. The fourth-order valence-electron chi connectivity index (χ4n) is 2.85. The zero-order valence-corrected chi connectivity index (χ0v) is 11.3. The first-order valence-electron chi connectivity index (χ1n) is 6.85. The Hall–Kier alpha value is -2.04. The van der Waals surface area contributed by atoms with E-state index in [1.807, 2.05) is 25.1 Å². The molecule has 1 saturated carbocycles. The Morgan fingerprint density at radius 1 is 1.30 bits per heavy atom. The number of fused-ring (bicyclic) bond motifs is 1. The molecule has 1 N–H and O–H groups in total. The summed E-state index contributed by atoms with van der Waals surface area (Å²) in [7, 11) is 0. The summed E-state index contributed by atoms with van der Waals surface area (Å²) in [5.41, 5.74) is 1.83. The highest BCUT2D eigenvalue weighted by Crippen LogP contribution is 2.39. The molecular weight excluding hydrogens is 258 g/mol. The van der Waals surface area contributed by atoms with Gasteiger partial charge in [-0.25, -0.2) is 0 Å². The third kappa shape index (κ3) is 2.03. The average molecular weight is 275 g/mol. The quantitative estimate of drug-likeness (QED) is 0.894. The molecule has 2 unspecified atom stereocenters. The summed E-state index contributed by atoms with van der Waals surface area (Å²) in [4.78, 5) is 25.3. The van der Waals surface area contributed by atoms with E-state index in [2.05, 4.69) is 0 Å². The number of aryl methyl sites for hydroxylation is 1. The molecule has 1 aromatic carbocycles. The standard InChI is InChI=1S/C15H17NO4/c1-9-2-5-12-13(8-9)20-7-6-16(12)14(17)10-3-4-11(10)15(18)19/h2,5,8,10-11H,3-4,6-7H2,1H3,(H,18,19). The highest BCUT2D eigenvalue weighted by molar-refractivity contribution is 5.99. The van der Waals surface area contributed by atoms with E-state index in [-0.39, 0.29) is 11.8 Å². The third-order valence-corrected chi connectivity index (χ3v) is 4.15. The first kappa shape index (κ1) is 13.0. The minimum Gasteiger partial charge on any atom is -0.490 e. The Balaban J connectivity index is 1.85. The predicted molar refractivity (Wildman–Crippen MR) is 72.9 cm³/mol. The van der Waals surface area contributed by atoms with Crippen molar-refractivity contribution in [1.82, 2.24) is 0 Å². The number of hydrogen-bond donors (Lipinski definition) is 1. The van der Waals surface area contributed by atoms with Crippen molar-refractivity contribution in [1.29, 1.82) is 0 Å². The van der Waals surface area contributed by atoms with Crippen molar-refractivity contribution in [3.05, 3.63) is 23.8 Å². The first-order chi connectivity index (χ1) is 9.58. The van der Waals surface area contributed by atoms with Crippen LogP contribution in [-0.4, -0.2) is 30.1 Å². The number of amides is 1. The molecule has 5 heteroatoms. The van der Waals surface area contributed by atoms with Crippen molar-refractivity contribution in [2.24, 2.45) is 11.8 Å². The maximum Gasteiger partial charge on any atom is 0.307 e. The van der Waals surface area contributed by atoms with Crippen LogP contribution in [0.15, 0.2) is 18.2 Å². The molecule has 1 aliphatic heterocycles. The minimum atomic E-state index is -0.869. The van der Waals surface area contributed by atoms with E-state index >= 15 is 0 Å². The summed E-state index contributed by atoms with van der Waals surface area (Å²) >= 11 is 0. The monoisotopic (exact) mass is 275 g/mol. The number of carbonyl (C=O) groups is 2. The third-order valence-electron chi connectivity index (χ3n) is 4.15. The van der Waals surface area contributed by atoms with Gasteiger partial charge in [-0.15, -0.1) is 0 Å². The summed E-state index contributed by atoms with van der Waals surface area (Å²) in [5.74, 6) is -1.17. The molecule has 0 bridgehead atoms. The number of anilines is 1. The van der Waals surface area contributed by atoms with Gasteiger partial charge in [-0.2, -0.15) is 0 Å². The Morgan fingerprint density at radius 3 is 2.70 bits per heavy atom. The number of benzene rings is 1. The van der Waals surface area contributed by atoms with Crippen LogP contribution in [0.3, 0.4) is 0 Å². The van der Waals surface area contributed by atoms with Crippen molar-refractivity contribution < 1.29 is 19.4 Å². The highest BCUT2D eigenvalue weighted by atomic mass is 16.5. The molecule has 2 atom stereocenters. The van der Waals surface area contributed by atoms with Gasteiger partial charge in [0.1, 0.15) is 12.4 Å². The van der Waals surface area contributed by atoms with Gasteiger partial charge in [0.25, 0.3) is 0 Å². The summed E-state index contributed by atoms with van der Waals surface area (Å²) in [6.45, 7) is 2.90. The molecule has 0 aromatic heterocycles. The lowest BCUT2D eigenvalue weighted by Gasteiger charge is -2.38. The van der Waals surface area contributed by atoms with Crippen LogP contribution >= 0.6 is 0 Å². The topological polar surface area (TPSA) is 66.8 Å². The largest absolute Gasteiger partial charge is 0.490 e. The highest BCUT2D eigenvalue weighted by Gasteiger charge is 2.44. The normalized spacial score (nSPS) is 24.4. The Labute approximate surface area is 117 Å². The molecule has 1 aromatic rings. The van der Waals surface area contributed by atoms with E-state index < -0.39 is 11.9 Å². The summed E-state index contributed by atoms with van der Waals surface area (Å²) in [6, 6.07) is 5.71. The summed E-state index contributed by atoms with van der Waals surface area (Å²) in [6.07, 6.45) is 1.26. The molecule has 1 heterocycles. The molecule has 106 valence electrons. The smallest absolute Gasteiger partial charge is 0.307 e. The number of carboxylic acid groups (broad SMARTS) is 1. The molecule has 0 radical (unpaired) electrons. The van der Waals surface area contributed by atoms with Crippen molar-refractivity contribution in [2.75, 3.05) is 18.1 Å². The molecule has 1 amide bonds.